The third-order valence-corrected chi connectivity index (χ3v) is 30.0. The summed E-state index contributed by atoms with van der Waals surface area (Å²) in [7, 11) is 0. The van der Waals surface area contributed by atoms with Crippen LogP contribution in [0, 0.1) is 0 Å². The Balaban J connectivity index is 0.614. The van der Waals surface area contributed by atoms with Crippen LogP contribution in [0.15, 0.2) is 364 Å². The molecule has 0 radical (unpaired) electrons. The monoisotopic (exact) mass is 1540 g/mol. The van der Waals surface area contributed by atoms with Gasteiger partial charge in [0, 0.05) is 73.1 Å². The summed E-state index contributed by atoms with van der Waals surface area (Å²) in [6, 6.07) is 127. The lowest BCUT2D eigenvalue weighted by Crippen LogP contribution is -2.32. The van der Waals surface area contributed by atoms with E-state index >= 15 is 0 Å². The molecule has 6 aromatic heterocycles. The Morgan fingerprint density at radius 1 is 0.291 bits per heavy atom. The van der Waals surface area contributed by atoms with Crippen molar-refractivity contribution in [3.8, 4) is 78.9 Å². The number of benzene rings is 16. The van der Waals surface area contributed by atoms with Crippen LogP contribution in [0.2, 0.25) is 0 Å². The molecule has 2 aliphatic heterocycles. The predicted octanol–water partition coefficient (Wildman–Crippen LogP) is 27.8. The summed E-state index contributed by atoms with van der Waals surface area (Å²) < 4.78 is 13.9. The Morgan fingerprint density at radius 3 is 1.48 bits per heavy atom. The molecule has 0 saturated carbocycles. The van der Waals surface area contributed by atoms with E-state index in [0.717, 1.165) is 98.2 Å². The minimum atomic E-state index is -0.677. The van der Waals surface area contributed by atoms with Crippen molar-refractivity contribution in [1.82, 2.24) is 29.1 Å². The fraction of sp³-hybridized carbons (Fsp3) is 0.0467. The van der Waals surface area contributed by atoms with Gasteiger partial charge in [-0.15, -0.1) is 11.3 Å². The van der Waals surface area contributed by atoms with E-state index in [1.165, 1.54) is 135 Å². The molecule has 0 bridgehead atoms. The van der Waals surface area contributed by atoms with Crippen molar-refractivity contribution in [2.24, 2.45) is 0 Å². The van der Waals surface area contributed by atoms with Crippen LogP contribution in [0.25, 0.3) is 176 Å². The molecule has 22 aromatic rings. The van der Waals surface area contributed by atoms with Gasteiger partial charge in [-0.25, -0.2) is 19.9 Å². The fourth-order valence-electron chi connectivity index (χ4n) is 21.6. The number of furan rings is 1. The van der Waals surface area contributed by atoms with Gasteiger partial charge in [0.1, 0.15) is 16.8 Å². The van der Waals surface area contributed by atoms with Crippen molar-refractivity contribution >= 4 is 132 Å². The number of nitrogens with zero attached hydrogens (tertiary/aromatic N) is 6. The molecule has 7 nitrogen and oxygen atoms in total. The number of hydrogen-bond donors (Lipinski definition) is 0. The highest BCUT2D eigenvalue weighted by molar-refractivity contribution is 7.99. The highest BCUT2D eigenvalue weighted by atomic mass is 32.2. The average Bonchev–Trinajstić information content (AvgIpc) is 1.50. The highest BCUT2D eigenvalue weighted by Crippen LogP contribution is 2.67. The van der Waals surface area contributed by atoms with E-state index in [1.54, 1.807) is 11.3 Å². The molecule has 117 heavy (non-hydrogen) atoms. The quantitative estimate of drug-likeness (QED) is 0.170. The number of thiophene rings is 1. The Morgan fingerprint density at radius 2 is 0.786 bits per heavy atom. The topological polar surface area (TPSA) is 74.6 Å². The lowest BCUT2D eigenvalue weighted by molar-refractivity contribution is 0.659. The molecule has 544 valence electrons. The molecule has 2 spiro atoms. The molecular formula is C107H62N6OS3. The Kier molecular flexibility index (Phi) is 12.9. The van der Waals surface area contributed by atoms with Gasteiger partial charge in [-0.05, 0) is 190 Å². The lowest BCUT2D eigenvalue weighted by Gasteiger charge is -2.39. The van der Waals surface area contributed by atoms with Crippen molar-refractivity contribution in [3.05, 3.63) is 395 Å². The standard InChI is InChI=1S/C107H62N6OS3/c1-105(2)76-52-50-60(53-73(76)66-51-49-61(54-83(66)105)97-101-98(71-33-10-19-45-90(71)114-101)109-103(108-97)112-86-43-17-8-30-67(86)74-55-84-94(57-88(74)112)115-92-47-21-15-40-80(92)106(84)77-37-12-5-28-64(77)65-29-6-13-38-78(65)106)63-35-24-42-82-96(63)70-32-7-14-39-79(70)107(82)81-41-16-22-48-93(81)116-95-58-89-75(56-85(95)107)68-31-9-18-44-87(68)113(89)104-110-99(69-36-23-26-59-25-3-4-27-62(59)69)102-100(111-104)72-34-11-20-46-91(72)117-102/h3-58H,1-2H3. The molecule has 8 heterocycles. The average molecular weight is 1540 g/mol. The van der Waals surface area contributed by atoms with Gasteiger partial charge >= 0.3 is 0 Å². The molecule has 1 unspecified atom stereocenters. The SMILES string of the molecule is CC1(C)c2ccc(-c3cccc4c3-c3ccccc3C43c4ccccc4Sc4cc5c(cc43)c3ccccc3n5-c3nc(-c4cccc5ccccc45)c4sc5ccccc5c4n3)cc2-c2ccc(-c3nc(-n4c5ccccc5c5cc6c(cc54)Sc4ccccc4C64c5ccccc5-c5ccccc54)nc4c3oc3ccccc34)cc21. The largest absolute Gasteiger partial charge is 0.452 e. The van der Waals surface area contributed by atoms with E-state index in [0.29, 0.717) is 17.5 Å². The molecule has 0 saturated heterocycles. The van der Waals surface area contributed by atoms with E-state index in [9.17, 15) is 0 Å². The van der Waals surface area contributed by atoms with Gasteiger partial charge in [0.25, 0.3) is 0 Å². The van der Waals surface area contributed by atoms with Crippen LogP contribution in [0.5, 0.6) is 0 Å². The first-order valence-corrected chi connectivity index (χ1v) is 42.5. The molecule has 0 amide bonds. The van der Waals surface area contributed by atoms with E-state index in [4.69, 9.17) is 24.4 Å². The van der Waals surface area contributed by atoms with Gasteiger partial charge in [0.15, 0.2) is 5.58 Å². The first kappa shape index (κ1) is 64.6. The number of rotatable bonds is 5. The predicted molar refractivity (Wildman–Crippen MR) is 481 cm³/mol. The number of para-hydroxylation sites is 3. The van der Waals surface area contributed by atoms with Crippen molar-refractivity contribution in [2.45, 2.75) is 49.7 Å². The molecule has 3 aliphatic carbocycles. The van der Waals surface area contributed by atoms with E-state index < -0.39 is 10.8 Å². The van der Waals surface area contributed by atoms with Crippen LogP contribution >= 0.6 is 34.9 Å². The fourth-order valence-corrected chi connectivity index (χ4v) is 25.2. The smallest absolute Gasteiger partial charge is 0.236 e. The molecule has 16 aromatic carbocycles. The van der Waals surface area contributed by atoms with Crippen LogP contribution < -0.4 is 0 Å². The van der Waals surface area contributed by atoms with Gasteiger partial charge in [-0.2, -0.15) is 0 Å². The second kappa shape index (κ2) is 23.3. The van der Waals surface area contributed by atoms with Gasteiger partial charge in [0.05, 0.1) is 48.8 Å². The summed E-state index contributed by atoms with van der Waals surface area (Å²) >= 11 is 5.51. The van der Waals surface area contributed by atoms with Crippen molar-refractivity contribution in [2.75, 3.05) is 0 Å². The van der Waals surface area contributed by atoms with Crippen LogP contribution in [0.3, 0.4) is 0 Å². The Bertz CT molecular complexity index is 8250. The first-order valence-electron chi connectivity index (χ1n) is 40.1. The molecule has 10 heteroatoms. The van der Waals surface area contributed by atoms with Crippen LogP contribution in [0.1, 0.15) is 69.5 Å². The van der Waals surface area contributed by atoms with Gasteiger partial charge in [-0.1, -0.05) is 298 Å². The van der Waals surface area contributed by atoms with Crippen LogP contribution in [-0.4, -0.2) is 29.1 Å². The molecule has 0 N–H and O–H groups in total. The van der Waals surface area contributed by atoms with Gasteiger partial charge in [0.2, 0.25) is 11.9 Å². The summed E-state index contributed by atoms with van der Waals surface area (Å²) in [5, 5.41) is 9.03. The first-order chi connectivity index (χ1) is 57.7. The number of aromatic nitrogens is 6. The second-order valence-electron chi connectivity index (χ2n) is 32.5. The minimum Gasteiger partial charge on any atom is -0.452 e. The van der Waals surface area contributed by atoms with Crippen molar-refractivity contribution in [1.29, 1.82) is 0 Å². The number of hydrogen-bond acceptors (Lipinski definition) is 8. The normalized spacial score (nSPS) is 15.4. The van der Waals surface area contributed by atoms with Crippen molar-refractivity contribution < 1.29 is 4.42 Å². The molecule has 0 fully saturated rings. The zero-order valence-corrected chi connectivity index (χ0v) is 65.6. The third kappa shape index (κ3) is 8.38. The maximum Gasteiger partial charge on any atom is 0.236 e. The minimum absolute atomic E-state index is 0.380. The lowest BCUT2D eigenvalue weighted by atomic mass is 9.67. The molecule has 1 atom stereocenters. The molecule has 5 aliphatic rings. The van der Waals surface area contributed by atoms with E-state index in [2.05, 4.69) is 357 Å². The summed E-state index contributed by atoms with van der Waals surface area (Å²) in [4.78, 5) is 27.8. The van der Waals surface area contributed by atoms with Crippen molar-refractivity contribution in [3.63, 3.8) is 0 Å². The second-order valence-corrected chi connectivity index (χ2v) is 35.7. The summed E-state index contributed by atoms with van der Waals surface area (Å²) in [5.41, 5.74) is 32.4. The zero-order chi connectivity index (χ0) is 76.5. The summed E-state index contributed by atoms with van der Waals surface area (Å²) in [5.74, 6) is 1.24. The molecular weight excluding hydrogens is 1480 g/mol. The van der Waals surface area contributed by atoms with Crippen LogP contribution in [0.4, 0.5) is 0 Å². The Hall–Kier alpha value is -13.7. The third-order valence-electron chi connectivity index (χ3n) is 26.5. The van der Waals surface area contributed by atoms with Crippen LogP contribution in [-0.2, 0) is 16.2 Å². The number of fused-ring (bicyclic) bond motifs is 34. The van der Waals surface area contributed by atoms with Gasteiger partial charge in [-0.3, -0.25) is 9.13 Å². The highest BCUT2D eigenvalue weighted by Gasteiger charge is 2.53. The molecule has 27 rings (SSSR count). The van der Waals surface area contributed by atoms with Gasteiger partial charge < -0.3 is 4.42 Å². The zero-order valence-electron chi connectivity index (χ0n) is 63.1. The summed E-state index contributed by atoms with van der Waals surface area (Å²) in [6.07, 6.45) is 0. The maximum atomic E-state index is 7.00. The Labute approximate surface area is 683 Å². The van der Waals surface area contributed by atoms with E-state index in [1.807, 2.05) is 29.6 Å². The van der Waals surface area contributed by atoms with E-state index in [-0.39, 0.29) is 5.41 Å². The maximum absolute atomic E-state index is 7.00. The summed E-state index contributed by atoms with van der Waals surface area (Å²) in [6.45, 7) is 4.77.